The highest BCUT2D eigenvalue weighted by Crippen LogP contribution is 2.46. The number of carbonyl (C=O) groups is 3. The van der Waals surface area contributed by atoms with Crippen LogP contribution in [-0.2, 0) is 4.79 Å². The molecule has 4 amide bonds. The number of hydrogen-bond acceptors (Lipinski definition) is 6. The van der Waals surface area contributed by atoms with Gasteiger partial charge in [0.05, 0.1) is 28.6 Å². The smallest absolute Gasteiger partial charge is 0.331 e. The second kappa shape index (κ2) is 9.85. The molecule has 3 heterocycles. The number of rotatable bonds is 7. The Labute approximate surface area is 218 Å². The maximum absolute atomic E-state index is 13.4. The molecule has 3 N–H and O–H groups in total. The highest BCUT2D eigenvalue weighted by atomic mass is 32.1. The van der Waals surface area contributed by atoms with E-state index >= 15 is 0 Å². The van der Waals surface area contributed by atoms with E-state index in [1.54, 1.807) is 17.2 Å². The van der Waals surface area contributed by atoms with E-state index in [0.717, 1.165) is 35.2 Å². The molecule has 9 nitrogen and oxygen atoms in total. The molecule has 3 aromatic rings. The number of benzene rings is 1. The largest absolute Gasteiger partial charge is 0.491 e. The molecule has 5 rings (SSSR count). The number of anilines is 3. The number of pyridine rings is 1. The van der Waals surface area contributed by atoms with E-state index in [2.05, 4.69) is 27.5 Å². The van der Waals surface area contributed by atoms with Gasteiger partial charge in [0.2, 0.25) is 5.91 Å². The maximum Gasteiger partial charge on any atom is 0.331 e. The van der Waals surface area contributed by atoms with Crippen molar-refractivity contribution in [3.63, 3.8) is 0 Å². The van der Waals surface area contributed by atoms with Crippen molar-refractivity contribution in [3.8, 4) is 5.75 Å². The van der Waals surface area contributed by atoms with Crippen molar-refractivity contribution < 1.29 is 19.1 Å². The van der Waals surface area contributed by atoms with E-state index in [-0.39, 0.29) is 36.0 Å². The Balaban J connectivity index is 1.43. The first-order valence-corrected chi connectivity index (χ1v) is 13.1. The molecule has 1 aliphatic heterocycles. The first-order chi connectivity index (χ1) is 17.7. The second-order valence-electron chi connectivity index (χ2n) is 9.59. The van der Waals surface area contributed by atoms with Gasteiger partial charge in [-0.15, -0.1) is 11.3 Å². The van der Waals surface area contributed by atoms with Gasteiger partial charge in [0.25, 0.3) is 5.91 Å². The number of aryl methyl sites for hydroxylation is 1. The first-order valence-electron chi connectivity index (χ1n) is 12.3. The van der Waals surface area contributed by atoms with Crippen LogP contribution in [0.4, 0.5) is 21.9 Å². The van der Waals surface area contributed by atoms with Crippen LogP contribution >= 0.6 is 11.3 Å². The predicted octanol–water partition coefficient (Wildman–Crippen LogP) is 5.03. The van der Waals surface area contributed by atoms with E-state index in [1.807, 2.05) is 39.0 Å². The fourth-order valence-electron chi connectivity index (χ4n) is 4.96. The summed E-state index contributed by atoms with van der Waals surface area (Å²) in [5, 5.41) is 9.64. The summed E-state index contributed by atoms with van der Waals surface area (Å²) < 4.78 is 5.80. The van der Waals surface area contributed by atoms with Gasteiger partial charge in [-0.25, -0.2) is 9.78 Å². The topological polar surface area (TPSA) is 113 Å². The average molecular weight is 520 g/mol. The van der Waals surface area contributed by atoms with Crippen LogP contribution in [0.25, 0.3) is 10.2 Å². The summed E-state index contributed by atoms with van der Waals surface area (Å²) >= 11 is 1.25. The fourth-order valence-corrected chi connectivity index (χ4v) is 5.98. The Kier molecular flexibility index (Phi) is 6.59. The molecule has 0 unspecified atom stereocenters. The van der Waals surface area contributed by atoms with E-state index in [9.17, 15) is 14.4 Å². The van der Waals surface area contributed by atoms with Crippen LogP contribution < -0.4 is 25.6 Å². The van der Waals surface area contributed by atoms with Gasteiger partial charge in [0, 0.05) is 18.3 Å². The van der Waals surface area contributed by atoms with Crippen LogP contribution in [-0.4, -0.2) is 41.0 Å². The van der Waals surface area contributed by atoms with E-state index in [4.69, 9.17) is 4.74 Å². The molecule has 192 valence electrons. The van der Waals surface area contributed by atoms with Crippen molar-refractivity contribution in [1.29, 1.82) is 0 Å². The van der Waals surface area contributed by atoms with Gasteiger partial charge in [0.1, 0.15) is 15.5 Å². The van der Waals surface area contributed by atoms with Crippen molar-refractivity contribution in [2.75, 3.05) is 10.2 Å². The standard InChI is InChI=1S/C27H29N5O4S/c1-5-21(33)29-16-6-7-17(13-16)30-25(34)24-23-22-20(10-11-28-26(22)37-24)32(27(35)31-23)19-9-8-18(12-15(19)4)36-14(2)3/h5,8-12,14,16-17H,1,6-7,13H2,2-4H3,(H,29,33)(H,30,34)(H,31,35)/t16-,17+/m1/s1. The predicted molar refractivity (Wildman–Crippen MR) is 145 cm³/mol. The summed E-state index contributed by atoms with van der Waals surface area (Å²) in [7, 11) is 0. The SMILES string of the molecule is C=CC(=O)N[C@@H]1CC[C@H](NC(=O)c2sc3nccc4c3c2NC(=O)N4c2ccc(OC(C)C)cc2C)C1. The molecule has 1 aliphatic carbocycles. The lowest BCUT2D eigenvalue weighted by Crippen LogP contribution is -2.37. The van der Waals surface area contributed by atoms with Gasteiger partial charge in [-0.2, -0.15) is 0 Å². The third-order valence-corrected chi connectivity index (χ3v) is 7.63. The Morgan fingerprint density at radius 3 is 2.68 bits per heavy atom. The van der Waals surface area contributed by atoms with Crippen LogP contribution in [0, 0.1) is 6.92 Å². The summed E-state index contributed by atoms with van der Waals surface area (Å²) in [5.41, 5.74) is 2.76. The number of thiophene rings is 1. The molecule has 2 aromatic heterocycles. The number of ether oxygens (including phenoxy) is 1. The molecule has 0 spiro atoms. The van der Waals surface area contributed by atoms with Crippen molar-refractivity contribution in [3.05, 3.63) is 53.6 Å². The molecular formula is C27H29N5O4S. The zero-order chi connectivity index (χ0) is 26.3. The monoisotopic (exact) mass is 519 g/mol. The van der Waals surface area contributed by atoms with Gasteiger partial charge < -0.3 is 20.7 Å². The molecule has 1 saturated carbocycles. The summed E-state index contributed by atoms with van der Waals surface area (Å²) in [5.74, 6) is 0.265. The molecule has 10 heteroatoms. The van der Waals surface area contributed by atoms with Gasteiger partial charge in [-0.3, -0.25) is 14.5 Å². The van der Waals surface area contributed by atoms with Gasteiger partial charge in [-0.05, 0) is 75.9 Å². The molecule has 1 aromatic carbocycles. The average Bonchev–Trinajstić information content (AvgIpc) is 3.44. The van der Waals surface area contributed by atoms with Crippen molar-refractivity contribution in [1.82, 2.24) is 15.6 Å². The quantitative estimate of drug-likeness (QED) is 0.379. The minimum atomic E-state index is -0.346. The lowest BCUT2D eigenvalue weighted by atomic mass is 10.1. The summed E-state index contributed by atoms with van der Waals surface area (Å²) in [6.07, 6.45) is 5.13. The molecule has 0 radical (unpaired) electrons. The van der Waals surface area contributed by atoms with E-state index < -0.39 is 0 Å². The summed E-state index contributed by atoms with van der Waals surface area (Å²) in [4.78, 5) is 45.5. The number of nitrogens with one attached hydrogen (secondary N) is 3. The summed E-state index contributed by atoms with van der Waals surface area (Å²) in [6, 6.07) is 7.00. The molecule has 0 saturated heterocycles. The van der Waals surface area contributed by atoms with E-state index in [1.165, 1.54) is 17.4 Å². The Bertz CT molecular complexity index is 1420. The second-order valence-corrected chi connectivity index (χ2v) is 10.6. The Morgan fingerprint density at radius 2 is 1.97 bits per heavy atom. The molecule has 1 fully saturated rings. The number of carbonyl (C=O) groups excluding carboxylic acids is 3. The van der Waals surface area contributed by atoms with Gasteiger partial charge >= 0.3 is 6.03 Å². The minimum Gasteiger partial charge on any atom is -0.491 e. The third-order valence-electron chi connectivity index (χ3n) is 6.53. The number of aromatic nitrogens is 1. The fraction of sp³-hybridized carbons (Fsp3) is 0.333. The highest BCUT2D eigenvalue weighted by molar-refractivity contribution is 7.21. The van der Waals surface area contributed by atoms with Crippen LogP contribution in [0.3, 0.4) is 0 Å². The normalized spacial score (nSPS) is 18.6. The molecule has 2 aliphatic rings. The Morgan fingerprint density at radius 1 is 1.22 bits per heavy atom. The van der Waals surface area contributed by atoms with E-state index in [0.29, 0.717) is 27.5 Å². The first kappa shape index (κ1) is 24.8. The molecular weight excluding hydrogens is 490 g/mol. The van der Waals surface area contributed by atoms with Crippen molar-refractivity contribution in [2.24, 2.45) is 0 Å². The lowest BCUT2D eigenvalue weighted by molar-refractivity contribution is -0.117. The van der Waals surface area contributed by atoms with Gasteiger partial charge in [-0.1, -0.05) is 6.58 Å². The zero-order valence-electron chi connectivity index (χ0n) is 21.0. The summed E-state index contributed by atoms with van der Waals surface area (Å²) in [6.45, 7) is 9.34. The van der Waals surface area contributed by atoms with Crippen LogP contribution in [0.2, 0.25) is 0 Å². The van der Waals surface area contributed by atoms with Crippen molar-refractivity contribution >= 4 is 56.5 Å². The number of amides is 4. The number of hydrogen-bond donors (Lipinski definition) is 3. The van der Waals surface area contributed by atoms with Crippen LogP contribution in [0.15, 0.2) is 43.1 Å². The molecule has 37 heavy (non-hydrogen) atoms. The zero-order valence-corrected chi connectivity index (χ0v) is 21.8. The third kappa shape index (κ3) is 4.76. The highest BCUT2D eigenvalue weighted by Gasteiger charge is 2.34. The number of urea groups is 1. The van der Waals surface area contributed by atoms with Crippen molar-refractivity contribution in [2.45, 2.75) is 58.2 Å². The van der Waals surface area contributed by atoms with Crippen LogP contribution in [0.5, 0.6) is 5.75 Å². The Hall–Kier alpha value is -3.92. The maximum atomic E-state index is 13.4. The molecule has 0 bridgehead atoms. The van der Waals surface area contributed by atoms with Crippen LogP contribution in [0.1, 0.15) is 48.3 Å². The lowest BCUT2D eigenvalue weighted by Gasteiger charge is -2.29. The molecule has 2 atom stereocenters. The number of nitrogens with zero attached hydrogens (tertiary/aromatic N) is 2. The minimum absolute atomic E-state index is 0.00124. The van der Waals surface area contributed by atoms with Gasteiger partial charge in [0.15, 0.2) is 0 Å².